The number of hydrogen-bond donors (Lipinski definition) is 0. The minimum absolute atomic E-state index is 0.206. The molecular weight excluding hydrogens is 388 g/mol. The maximum atomic E-state index is 12.7. The van der Waals surface area contributed by atoms with E-state index in [4.69, 9.17) is 13.7 Å². The highest BCUT2D eigenvalue weighted by molar-refractivity contribution is 7.85. The lowest BCUT2D eigenvalue weighted by Gasteiger charge is -2.35. The van der Waals surface area contributed by atoms with Gasteiger partial charge in [0.1, 0.15) is 24.4 Å². The second-order valence-electron chi connectivity index (χ2n) is 8.37. The van der Waals surface area contributed by atoms with Gasteiger partial charge in [-0.15, -0.1) is 0 Å². The van der Waals surface area contributed by atoms with Crippen LogP contribution in [0.2, 0.25) is 0 Å². The second-order valence-corrected chi connectivity index (χ2v) is 10.0. The van der Waals surface area contributed by atoms with Crippen molar-refractivity contribution in [2.24, 2.45) is 0 Å². The third-order valence-corrected chi connectivity index (χ3v) is 5.16. The van der Waals surface area contributed by atoms with Crippen LogP contribution in [-0.2, 0) is 28.6 Å². The maximum Gasteiger partial charge on any atom is 0.410 e. The summed E-state index contributed by atoms with van der Waals surface area (Å²) in [6.45, 7) is 7.53. The van der Waals surface area contributed by atoms with Crippen molar-refractivity contribution in [3.05, 3.63) is 0 Å². The molecule has 2 rings (SSSR count). The van der Waals surface area contributed by atoms with Gasteiger partial charge in [-0.05, 0) is 53.1 Å². The zero-order valence-corrected chi connectivity index (χ0v) is 18.0. The fourth-order valence-electron chi connectivity index (χ4n) is 3.37. The van der Waals surface area contributed by atoms with E-state index in [2.05, 4.69) is 4.90 Å². The summed E-state index contributed by atoms with van der Waals surface area (Å²) in [5.74, 6) is -0.279. The van der Waals surface area contributed by atoms with Crippen LogP contribution in [0.4, 0.5) is 4.79 Å². The summed E-state index contributed by atoms with van der Waals surface area (Å²) < 4.78 is 37.6. The molecule has 2 aliphatic heterocycles. The SMILES string of the molecule is CC(C)(C)OC(=O)C(CCN1CC(COS(C)(=O)=O)OC1=O)N1CCCCC1. The maximum absolute atomic E-state index is 12.7. The standard InChI is InChI=1S/C18H32N2O7S/c1-18(2,3)27-16(21)15(19-9-6-5-7-10-19)8-11-20-12-14(26-17(20)22)13-25-28(4,23)24/h14-15H,5-13H2,1-4H3. The number of rotatable bonds is 8. The Bertz CT molecular complexity index is 653. The number of ether oxygens (including phenoxy) is 2. The van der Waals surface area contributed by atoms with E-state index < -0.39 is 34.0 Å². The van der Waals surface area contributed by atoms with E-state index in [0.29, 0.717) is 13.0 Å². The van der Waals surface area contributed by atoms with Gasteiger partial charge in [-0.3, -0.25) is 13.9 Å². The van der Waals surface area contributed by atoms with Crippen molar-refractivity contribution in [3.63, 3.8) is 0 Å². The zero-order chi connectivity index (χ0) is 20.9. The predicted molar refractivity (Wildman–Crippen MR) is 102 cm³/mol. The topological polar surface area (TPSA) is 102 Å². The second kappa shape index (κ2) is 9.41. The lowest BCUT2D eigenvalue weighted by molar-refractivity contribution is -0.162. The number of carbonyl (C=O) groups is 2. The summed E-state index contributed by atoms with van der Waals surface area (Å²) in [6, 6.07) is -0.418. The van der Waals surface area contributed by atoms with Crippen LogP contribution in [0, 0.1) is 0 Å². The van der Waals surface area contributed by atoms with E-state index in [1.807, 2.05) is 20.8 Å². The average Bonchev–Trinajstić information content (AvgIpc) is 2.92. The zero-order valence-electron chi connectivity index (χ0n) is 17.2. The minimum atomic E-state index is -3.59. The van der Waals surface area contributed by atoms with Gasteiger partial charge in [-0.1, -0.05) is 6.42 Å². The normalized spacial score (nSPS) is 22.8. The molecule has 0 spiro atoms. The smallest absolute Gasteiger partial charge is 0.410 e. The van der Waals surface area contributed by atoms with Gasteiger partial charge in [-0.25, -0.2) is 4.79 Å². The van der Waals surface area contributed by atoms with Crippen LogP contribution in [0.5, 0.6) is 0 Å². The van der Waals surface area contributed by atoms with E-state index in [1.165, 1.54) is 4.90 Å². The Labute approximate surface area is 167 Å². The van der Waals surface area contributed by atoms with Gasteiger partial charge in [-0.2, -0.15) is 8.42 Å². The van der Waals surface area contributed by atoms with E-state index in [9.17, 15) is 18.0 Å². The number of carbonyl (C=O) groups excluding carboxylic acids is 2. The van der Waals surface area contributed by atoms with E-state index >= 15 is 0 Å². The largest absolute Gasteiger partial charge is 0.459 e. The molecule has 0 saturated carbocycles. The van der Waals surface area contributed by atoms with Gasteiger partial charge in [0, 0.05) is 6.54 Å². The van der Waals surface area contributed by atoms with Crippen LogP contribution in [-0.4, -0.2) is 87.1 Å². The molecule has 0 aliphatic carbocycles. The Morgan fingerprint density at radius 3 is 2.46 bits per heavy atom. The van der Waals surface area contributed by atoms with E-state index in [1.54, 1.807) is 0 Å². The molecule has 162 valence electrons. The molecule has 0 aromatic rings. The quantitative estimate of drug-likeness (QED) is 0.429. The molecule has 10 heteroatoms. The number of nitrogens with zero attached hydrogens (tertiary/aromatic N) is 2. The molecule has 2 heterocycles. The molecule has 2 atom stereocenters. The number of cyclic esters (lactones) is 1. The van der Waals surface area contributed by atoms with E-state index in [-0.39, 0.29) is 19.1 Å². The molecule has 2 aliphatic rings. The number of esters is 1. The average molecular weight is 421 g/mol. The Hall–Kier alpha value is -1.39. The number of amides is 1. The first-order chi connectivity index (χ1) is 12.9. The lowest BCUT2D eigenvalue weighted by atomic mass is 10.1. The number of hydrogen-bond acceptors (Lipinski definition) is 8. The van der Waals surface area contributed by atoms with Gasteiger partial charge < -0.3 is 14.4 Å². The Morgan fingerprint density at radius 2 is 1.89 bits per heavy atom. The predicted octanol–water partition coefficient (Wildman–Crippen LogP) is 1.37. The van der Waals surface area contributed by atoms with Gasteiger partial charge >= 0.3 is 12.1 Å². The van der Waals surface area contributed by atoms with Crippen LogP contribution in [0.1, 0.15) is 46.5 Å². The summed E-state index contributed by atoms with van der Waals surface area (Å²) >= 11 is 0. The van der Waals surface area contributed by atoms with Crippen LogP contribution in [0.15, 0.2) is 0 Å². The van der Waals surface area contributed by atoms with Gasteiger partial charge in [0.25, 0.3) is 10.1 Å². The molecule has 1 amide bonds. The molecular formula is C18H32N2O7S. The van der Waals surface area contributed by atoms with Crippen LogP contribution < -0.4 is 0 Å². The summed E-state index contributed by atoms with van der Waals surface area (Å²) in [5, 5.41) is 0. The highest BCUT2D eigenvalue weighted by Crippen LogP contribution is 2.20. The Morgan fingerprint density at radius 1 is 1.25 bits per heavy atom. The molecule has 9 nitrogen and oxygen atoms in total. The highest BCUT2D eigenvalue weighted by Gasteiger charge is 2.35. The first kappa shape index (κ1) is 22.9. The molecule has 2 fully saturated rings. The summed E-state index contributed by atoms with van der Waals surface area (Å²) in [7, 11) is -3.59. The van der Waals surface area contributed by atoms with Crippen molar-refractivity contribution in [1.29, 1.82) is 0 Å². The minimum Gasteiger partial charge on any atom is -0.459 e. The van der Waals surface area contributed by atoms with Crippen molar-refractivity contribution in [2.75, 3.05) is 39.0 Å². The van der Waals surface area contributed by atoms with Crippen molar-refractivity contribution in [3.8, 4) is 0 Å². The first-order valence-corrected chi connectivity index (χ1v) is 11.5. The molecule has 0 bridgehead atoms. The first-order valence-electron chi connectivity index (χ1n) is 9.71. The number of piperidine rings is 1. The molecule has 2 unspecified atom stereocenters. The number of likely N-dealkylation sites (tertiary alicyclic amines) is 1. The molecule has 2 saturated heterocycles. The van der Waals surface area contributed by atoms with Crippen molar-refractivity contribution in [2.45, 2.75) is 64.2 Å². The third-order valence-electron chi connectivity index (χ3n) is 4.60. The fraction of sp³-hybridized carbons (Fsp3) is 0.889. The Kier molecular flexibility index (Phi) is 7.69. The Balaban J connectivity index is 1.94. The lowest BCUT2D eigenvalue weighted by Crippen LogP contribution is -2.48. The van der Waals surface area contributed by atoms with Crippen LogP contribution in [0.3, 0.4) is 0 Å². The molecule has 0 N–H and O–H groups in total. The summed E-state index contributed by atoms with van der Waals surface area (Å²) in [4.78, 5) is 28.4. The monoisotopic (exact) mass is 420 g/mol. The van der Waals surface area contributed by atoms with Crippen molar-refractivity contribution >= 4 is 22.2 Å². The van der Waals surface area contributed by atoms with Gasteiger partial charge in [0.05, 0.1) is 12.8 Å². The molecule has 28 heavy (non-hydrogen) atoms. The highest BCUT2D eigenvalue weighted by atomic mass is 32.2. The van der Waals surface area contributed by atoms with Crippen molar-refractivity contribution in [1.82, 2.24) is 9.80 Å². The third kappa shape index (κ3) is 7.56. The fourth-order valence-corrected chi connectivity index (χ4v) is 3.77. The van der Waals surface area contributed by atoms with Crippen molar-refractivity contribution < 1.29 is 31.7 Å². The summed E-state index contributed by atoms with van der Waals surface area (Å²) in [6.07, 6.45) is 3.44. The van der Waals surface area contributed by atoms with Crippen LogP contribution >= 0.6 is 0 Å². The summed E-state index contributed by atoms with van der Waals surface area (Å²) in [5.41, 5.74) is -0.578. The van der Waals surface area contributed by atoms with Crippen LogP contribution in [0.25, 0.3) is 0 Å². The molecule has 0 aromatic carbocycles. The van der Waals surface area contributed by atoms with Gasteiger partial charge in [0.2, 0.25) is 0 Å². The van der Waals surface area contributed by atoms with Gasteiger partial charge in [0.15, 0.2) is 0 Å². The molecule has 0 radical (unpaired) electrons. The van der Waals surface area contributed by atoms with E-state index in [0.717, 1.165) is 38.6 Å². The molecule has 0 aromatic heterocycles.